The fourth-order valence-electron chi connectivity index (χ4n) is 3.95. The number of anilines is 2. The Morgan fingerprint density at radius 2 is 1.90 bits per heavy atom. The Morgan fingerprint density at radius 1 is 1.10 bits per heavy atom. The molecule has 0 spiro atoms. The minimum atomic E-state index is -0.165. The number of Topliss-reactive ketones (excluding diaryl/α,β-unsaturated/α-hetero) is 1. The minimum absolute atomic E-state index is 0.0258. The molecule has 1 amide bonds. The minimum Gasteiger partial charge on any atom is -0.356 e. The molecule has 31 heavy (non-hydrogen) atoms. The van der Waals surface area contributed by atoms with Crippen molar-refractivity contribution >= 4 is 23.2 Å². The van der Waals surface area contributed by atoms with Gasteiger partial charge < -0.3 is 10.2 Å². The number of piperidine rings is 1. The Labute approximate surface area is 181 Å². The van der Waals surface area contributed by atoms with Gasteiger partial charge in [0, 0.05) is 36.1 Å². The molecule has 8 nitrogen and oxygen atoms in total. The van der Waals surface area contributed by atoms with E-state index < -0.39 is 0 Å². The fourth-order valence-corrected chi connectivity index (χ4v) is 3.95. The molecule has 1 fully saturated rings. The number of rotatable bonds is 5. The molecular formula is C23H26N6O2. The first-order valence-electron chi connectivity index (χ1n) is 10.4. The monoisotopic (exact) mass is 418 g/mol. The standard InChI is InChI=1S/C23H26N6O2/c1-15-10-16(2)29(27-15)22-12-21(24-14-25-22)28-9-5-7-19(13-28)23(31)26-20-8-4-6-18(11-20)17(3)30/h4,6,8,10-12,14,19H,5,7,9,13H2,1-3H3,(H,26,31). The lowest BCUT2D eigenvalue weighted by Crippen LogP contribution is -2.41. The van der Waals surface area contributed by atoms with Gasteiger partial charge in [-0.15, -0.1) is 0 Å². The number of carbonyl (C=O) groups is 2. The van der Waals surface area contributed by atoms with Gasteiger partial charge in [0.2, 0.25) is 5.91 Å². The van der Waals surface area contributed by atoms with Crippen molar-refractivity contribution in [1.82, 2.24) is 19.7 Å². The molecule has 1 saturated heterocycles. The predicted molar refractivity (Wildman–Crippen MR) is 119 cm³/mol. The van der Waals surface area contributed by atoms with Crippen LogP contribution in [0.5, 0.6) is 0 Å². The number of aromatic nitrogens is 4. The zero-order chi connectivity index (χ0) is 22.0. The van der Waals surface area contributed by atoms with Crippen LogP contribution < -0.4 is 10.2 Å². The van der Waals surface area contributed by atoms with E-state index in [1.807, 2.05) is 26.0 Å². The van der Waals surface area contributed by atoms with E-state index in [-0.39, 0.29) is 17.6 Å². The number of benzene rings is 1. The molecule has 3 aromatic rings. The van der Waals surface area contributed by atoms with Crippen LogP contribution in [0.4, 0.5) is 11.5 Å². The molecule has 4 rings (SSSR count). The SMILES string of the molecule is CC(=O)c1cccc(NC(=O)C2CCCN(c3cc(-n4nc(C)cc4C)ncn3)C2)c1. The van der Waals surface area contributed by atoms with E-state index in [4.69, 9.17) is 0 Å². The molecule has 0 aliphatic carbocycles. The van der Waals surface area contributed by atoms with Crippen molar-refractivity contribution in [3.8, 4) is 5.82 Å². The Morgan fingerprint density at radius 3 is 2.65 bits per heavy atom. The number of carbonyl (C=O) groups excluding carboxylic acids is 2. The molecule has 3 heterocycles. The molecule has 1 unspecified atom stereocenters. The largest absolute Gasteiger partial charge is 0.356 e. The molecule has 0 bridgehead atoms. The van der Waals surface area contributed by atoms with E-state index in [0.717, 1.165) is 36.6 Å². The van der Waals surface area contributed by atoms with Gasteiger partial charge >= 0.3 is 0 Å². The number of nitrogens with one attached hydrogen (secondary N) is 1. The summed E-state index contributed by atoms with van der Waals surface area (Å²) in [6.45, 7) is 6.86. The predicted octanol–water partition coefficient (Wildman–Crippen LogP) is 3.34. The van der Waals surface area contributed by atoms with Gasteiger partial charge in [-0.25, -0.2) is 14.6 Å². The van der Waals surface area contributed by atoms with Gasteiger partial charge in [0.15, 0.2) is 11.6 Å². The summed E-state index contributed by atoms with van der Waals surface area (Å²) in [5, 5.41) is 7.46. The Kier molecular flexibility index (Phi) is 5.79. The van der Waals surface area contributed by atoms with E-state index in [1.54, 1.807) is 28.9 Å². The second-order valence-corrected chi connectivity index (χ2v) is 7.98. The molecular weight excluding hydrogens is 392 g/mol. The topological polar surface area (TPSA) is 93.0 Å². The normalized spacial score (nSPS) is 16.2. The van der Waals surface area contributed by atoms with Gasteiger partial charge in [-0.2, -0.15) is 5.10 Å². The average Bonchev–Trinajstić information content (AvgIpc) is 3.12. The van der Waals surface area contributed by atoms with Gasteiger partial charge in [0.25, 0.3) is 0 Å². The van der Waals surface area contributed by atoms with Crippen molar-refractivity contribution in [3.05, 3.63) is 59.7 Å². The first-order chi connectivity index (χ1) is 14.9. The van der Waals surface area contributed by atoms with Crippen LogP contribution in [0.1, 0.15) is 41.5 Å². The van der Waals surface area contributed by atoms with Crippen LogP contribution in [0.3, 0.4) is 0 Å². The summed E-state index contributed by atoms with van der Waals surface area (Å²) in [5.74, 6) is 1.26. The summed E-state index contributed by atoms with van der Waals surface area (Å²) in [7, 11) is 0. The summed E-state index contributed by atoms with van der Waals surface area (Å²) in [6.07, 6.45) is 3.24. The molecule has 1 atom stereocenters. The number of nitrogens with zero attached hydrogens (tertiary/aromatic N) is 5. The molecule has 1 aromatic carbocycles. The zero-order valence-electron chi connectivity index (χ0n) is 18.0. The highest BCUT2D eigenvalue weighted by molar-refractivity contribution is 5.97. The van der Waals surface area contributed by atoms with E-state index in [2.05, 4.69) is 25.3 Å². The van der Waals surface area contributed by atoms with E-state index in [0.29, 0.717) is 23.6 Å². The van der Waals surface area contributed by atoms with Crippen molar-refractivity contribution in [2.24, 2.45) is 5.92 Å². The summed E-state index contributed by atoms with van der Waals surface area (Å²) in [4.78, 5) is 35.4. The summed E-state index contributed by atoms with van der Waals surface area (Å²) in [6, 6.07) is 11.0. The number of aryl methyl sites for hydroxylation is 2. The highest BCUT2D eigenvalue weighted by Gasteiger charge is 2.27. The van der Waals surface area contributed by atoms with Gasteiger partial charge in [0.05, 0.1) is 11.6 Å². The molecule has 1 aliphatic heterocycles. The van der Waals surface area contributed by atoms with Gasteiger partial charge in [-0.3, -0.25) is 9.59 Å². The first-order valence-corrected chi connectivity index (χ1v) is 10.4. The number of hydrogen-bond acceptors (Lipinski definition) is 6. The maximum absolute atomic E-state index is 12.9. The van der Waals surface area contributed by atoms with Crippen LogP contribution in [0.2, 0.25) is 0 Å². The molecule has 1 N–H and O–H groups in total. The smallest absolute Gasteiger partial charge is 0.229 e. The van der Waals surface area contributed by atoms with E-state index in [9.17, 15) is 9.59 Å². The third-order valence-electron chi connectivity index (χ3n) is 5.52. The number of hydrogen-bond donors (Lipinski definition) is 1. The third kappa shape index (κ3) is 4.63. The van der Waals surface area contributed by atoms with Crippen LogP contribution in [-0.4, -0.2) is 44.5 Å². The molecule has 1 aliphatic rings. The second-order valence-electron chi connectivity index (χ2n) is 7.98. The maximum atomic E-state index is 12.9. The lowest BCUT2D eigenvalue weighted by atomic mass is 9.97. The highest BCUT2D eigenvalue weighted by Crippen LogP contribution is 2.24. The van der Waals surface area contributed by atoms with E-state index in [1.165, 1.54) is 13.3 Å². The lowest BCUT2D eigenvalue weighted by molar-refractivity contribution is -0.120. The third-order valence-corrected chi connectivity index (χ3v) is 5.52. The molecule has 0 radical (unpaired) electrons. The summed E-state index contributed by atoms with van der Waals surface area (Å²) in [5.41, 5.74) is 3.16. The molecule has 2 aromatic heterocycles. The summed E-state index contributed by atoms with van der Waals surface area (Å²) >= 11 is 0. The first kappa shape index (κ1) is 20.7. The van der Waals surface area contributed by atoms with Crippen LogP contribution in [0, 0.1) is 19.8 Å². The van der Waals surface area contributed by atoms with Crippen molar-refractivity contribution in [2.45, 2.75) is 33.6 Å². The van der Waals surface area contributed by atoms with Crippen LogP contribution in [0.15, 0.2) is 42.7 Å². The van der Waals surface area contributed by atoms with Crippen molar-refractivity contribution in [1.29, 1.82) is 0 Å². The van der Waals surface area contributed by atoms with Crippen LogP contribution in [-0.2, 0) is 4.79 Å². The quantitative estimate of drug-likeness (QED) is 0.639. The molecule has 160 valence electrons. The van der Waals surface area contributed by atoms with E-state index >= 15 is 0 Å². The van der Waals surface area contributed by atoms with Crippen molar-refractivity contribution in [2.75, 3.05) is 23.3 Å². The maximum Gasteiger partial charge on any atom is 0.229 e. The fraction of sp³-hybridized carbons (Fsp3) is 0.348. The number of amides is 1. The molecule has 8 heteroatoms. The lowest BCUT2D eigenvalue weighted by Gasteiger charge is -2.33. The van der Waals surface area contributed by atoms with Crippen molar-refractivity contribution < 1.29 is 9.59 Å². The number of ketones is 1. The highest BCUT2D eigenvalue weighted by atomic mass is 16.2. The zero-order valence-corrected chi connectivity index (χ0v) is 18.0. The Balaban J connectivity index is 1.48. The molecule has 0 saturated carbocycles. The Bertz CT molecular complexity index is 1120. The average molecular weight is 419 g/mol. The van der Waals surface area contributed by atoms with Crippen LogP contribution in [0.25, 0.3) is 5.82 Å². The van der Waals surface area contributed by atoms with Crippen molar-refractivity contribution in [3.63, 3.8) is 0 Å². The second kappa shape index (κ2) is 8.67. The van der Waals surface area contributed by atoms with Gasteiger partial charge in [0.1, 0.15) is 12.1 Å². The summed E-state index contributed by atoms with van der Waals surface area (Å²) < 4.78 is 1.80. The Hall–Kier alpha value is -3.55. The van der Waals surface area contributed by atoms with Crippen LogP contribution >= 0.6 is 0 Å². The van der Waals surface area contributed by atoms with Gasteiger partial charge in [-0.1, -0.05) is 12.1 Å². The van der Waals surface area contributed by atoms with Gasteiger partial charge in [-0.05, 0) is 51.8 Å².